The van der Waals surface area contributed by atoms with Crippen LogP contribution in [0, 0.1) is 6.92 Å². The van der Waals surface area contributed by atoms with Gasteiger partial charge in [-0.25, -0.2) is 0 Å². The number of allylic oxidation sites excluding steroid dienone is 1. The molecule has 1 aromatic rings. The van der Waals surface area contributed by atoms with Crippen LogP contribution in [0.4, 0.5) is 0 Å². The largest absolute Gasteiger partial charge is 0.316 e. The highest BCUT2D eigenvalue weighted by atomic mass is 15.3. The summed E-state index contributed by atoms with van der Waals surface area (Å²) >= 11 is 0. The van der Waals surface area contributed by atoms with Gasteiger partial charge in [0.05, 0.1) is 5.69 Å². The van der Waals surface area contributed by atoms with E-state index in [0.717, 1.165) is 25.2 Å². The van der Waals surface area contributed by atoms with Gasteiger partial charge >= 0.3 is 0 Å². The van der Waals surface area contributed by atoms with E-state index in [1.165, 1.54) is 24.8 Å². The lowest BCUT2D eigenvalue weighted by Gasteiger charge is -2.00. The Labute approximate surface area is 98.5 Å². The first-order valence-electron chi connectivity index (χ1n) is 6.06. The molecule has 90 valence electrons. The second kappa shape index (κ2) is 7.23. The fourth-order valence-electron chi connectivity index (χ4n) is 1.78. The van der Waals surface area contributed by atoms with Crippen LogP contribution in [-0.2, 0) is 13.1 Å². The average molecular weight is 221 g/mol. The maximum atomic E-state index is 4.50. The summed E-state index contributed by atoms with van der Waals surface area (Å²) < 4.78 is 2.07. The second-order valence-corrected chi connectivity index (χ2v) is 4.17. The zero-order valence-corrected chi connectivity index (χ0v) is 10.5. The molecule has 0 atom stereocenters. The van der Waals surface area contributed by atoms with Crippen LogP contribution in [-0.4, -0.2) is 16.8 Å². The lowest BCUT2D eigenvalue weighted by Crippen LogP contribution is -2.05. The SMILES string of the molecule is C=CCCCCCn1cc(CNC)c(C)n1. The van der Waals surface area contributed by atoms with Gasteiger partial charge < -0.3 is 5.32 Å². The Bertz CT molecular complexity index is 315. The van der Waals surface area contributed by atoms with Crippen molar-refractivity contribution in [1.82, 2.24) is 15.1 Å². The number of hydrogen-bond acceptors (Lipinski definition) is 2. The highest BCUT2D eigenvalue weighted by molar-refractivity contribution is 5.14. The Balaban J connectivity index is 2.31. The van der Waals surface area contributed by atoms with E-state index in [2.05, 4.69) is 34.8 Å². The van der Waals surface area contributed by atoms with Gasteiger partial charge in [0.2, 0.25) is 0 Å². The third-order valence-corrected chi connectivity index (χ3v) is 2.71. The van der Waals surface area contributed by atoms with E-state index in [1.807, 2.05) is 13.1 Å². The minimum atomic E-state index is 0.905. The molecule has 0 aliphatic carbocycles. The standard InChI is InChI=1S/C13H23N3/c1-4-5-6-7-8-9-16-11-13(10-14-3)12(2)15-16/h4,11,14H,1,5-10H2,2-3H3. The molecule has 3 heteroatoms. The van der Waals surface area contributed by atoms with E-state index >= 15 is 0 Å². The number of rotatable bonds is 8. The Kier molecular flexibility index (Phi) is 5.86. The first-order chi connectivity index (χ1) is 7.77. The van der Waals surface area contributed by atoms with E-state index < -0.39 is 0 Å². The van der Waals surface area contributed by atoms with Crippen LogP contribution in [0.2, 0.25) is 0 Å². The molecule has 3 nitrogen and oxygen atoms in total. The maximum Gasteiger partial charge on any atom is 0.0638 e. The van der Waals surface area contributed by atoms with E-state index in [4.69, 9.17) is 0 Å². The molecule has 0 unspecified atom stereocenters. The predicted octanol–water partition coefficient (Wildman–Crippen LogP) is 2.66. The predicted molar refractivity (Wildman–Crippen MR) is 68.4 cm³/mol. The van der Waals surface area contributed by atoms with Crippen molar-refractivity contribution in [3.63, 3.8) is 0 Å². The number of nitrogens with one attached hydrogen (secondary N) is 1. The third-order valence-electron chi connectivity index (χ3n) is 2.71. The van der Waals surface area contributed by atoms with Crippen molar-refractivity contribution in [2.75, 3.05) is 7.05 Å². The number of nitrogens with zero attached hydrogens (tertiary/aromatic N) is 2. The summed E-state index contributed by atoms with van der Waals surface area (Å²) in [5.74, 6) is 0. The van der Waals surface area contributed by atoms with Crippen molar-refractivity contribution in [2.45, 2.75) is 45.7 Å². The second-order valence-electron chi connectivity index (χ2n) is 4.17. The molecule has 1 N–H and O–H groups in total. The van der Waals surface area contributed by atoms with Crippen LogP contribution < -0.4 is 5.32 Å². The molecule has 16 heavy (non-hydrogen) atoms. The smallest absolute Gasteiger partial charge is 0.0638 e. The summed E-state index contributed by atoms with van der Waals surface area (Å²) in [5.41, 5.74) is 2.44. The molecule has 0 aliphatic rings. The fraction of sp³-hybridized carbons (Fsp3) is 0.615. The molecule has 0 radical (unpaired) electrons. The minimum Gasteiger partial charge on any atom is -0.316 e. The molecular weight excluding hydrogens is 198 g/mol. The van der Waals surface area contributed by atoms with Crippen LogP contribution in [0.15, 0.2) is 18.9 Å². The molecule has 0 saturated heterocycles. The van der Waals surface area contributed by atoms with Crippen LogP contribution in [0.3, 0.4) is 0 Å². The van der Waals surface area contributed by atoms with Gasteiger partial charge in [-0.3, -0.25) is 4.68 Å². The van der Waals surface area contributed by atoms with Gasteiger partial charge in [0.1, 0.15) is 0 Å². The van der Waals surface area contributed by atoms with Crippen molar-refractivity contribution < 1.29 is 0 Å². The molecule has 1 heterocycles. The fourth-order valence-corrected chi connectivity index (χ4v) is 1.78. The van der Waals surface area contributed by atoms with Gasteiger partial charge in [-0.05, 0) is 33.2 Å². The quantitative estimate of drug-likeness (QED) is 0.540. The number of unbranched alkanes of at least 4 members (excludes halogenated alkanes) is 3. The first kappa shape index (κ1) is 13.0. The molecule has 1 aromatic heterocycles. The zero-order chi connectivity index (χ0) is 11.8. The zero-order valence-electron chi connectivity index (χ0n) is 10.5. The third kappa shape index (κ3) is 4.19. The molecular formula is C13H23N3. The number of hydrogen-bond donors (Lipinski definition) is 1. The van der Waals surface area contributed by atoms with Crippen LogP contribution >= 0.6 is 0 Å². The van der Waals surface area contributed by atoms with Crippen molar-refractivity contribution in [3.05, 3.63) is 30.1 Å². The normalized spacial score (nSPS) is 10.6. The van der Waals surface area contributed by atoms with E-state index in [-0.39, 0.29) is 0 Å². The average Bonchev–Trinajstić information content (AvgIpc) is 2.60. The maximum absolute atomic E-state index is 4.50. The number of aryl methyl sites for hydroxylation is 2. The first-order valence-corrected chi connectivity index (χ1v) is 6.06. The molecule has 1 rings (SSSR count). The van der Waals surface area contributed by atoms with Gasteiger partial charge in [-0.15, -0.1) is 6.58 Å². The molecule has 0 spiro atoms. The van der Waals surface area contributed by atoms with E-state index in [1.54, 1.807) is 0 Å². The van der Waals surface area contributed by atoms with Crippen LogP contribution in [0.1, 0.15) is 36.9 Å². The molecule has 0 aliphatic heterocycles. The van der Waals surface area contributed by atoms with Crippen molar-refractivity contribution in [3.8, 4) is 0 Å². The molecule has 0 bridgehead atoms. The monoisotopic (exact) mass is 221 g/mol. The summed E-state index contributed by atoms with van der Waals surface area (Å²) in [5, 5.41) is 7.66. The highest BCUT2D eigenvalue weighted by Crippen LogP contribution is 2.07. The van der Waals surface area contributed by atoms with Crippen LogP contribution in [0.25, 0.3) is 0 Å². The lowest BCUT2D eigenvalue weighted by molar-refractivity contribution is 0.543. The Hall–Kier alpha value is -1.09. The summed E-state index contributed by atoms with van der Waals surface area (Å²) in [6, 6.07) is 0. The summed E-state index contributed by atoms with van der Waals surface area (Å²) in [6.45, 7) is 7.73. The molecule has 0 aromatic carbocycles. The molecule has 0 fully saturated rings. The van der Waals surface area contributed by atoms with Crippen molar-refractivity contribution >= 4 is 0 Å². The summed E-state index contributed by atoms with van der Waals surface area (Å²) in [4.78, 5) is 0. The molecule has 0 amide bonds. The van der Waals surface area contributed by atoms with Crippen LogP contribution in [0.5, 0.6) is 0 Å². The lowest BCUT2D eigenvalue weighted by atomic mass is 10.2. The van der Waals surface area contributed by atoms with Gasteiger partial charge in [-0.1, -0.05) is 12.5 Å². The van der Waals surface area contributed by atoms with Gasteiger partial charge in [0.25, 0.3) is 0 Å². The Morgan fingerprint density at radius 3 is 2.94 bits per heavy atom. The van der Waals surface area contributed by atoms with Crippen molar-refractivity contribution in [1.29, 1.82) is 0 Å². The Morgan fingerprint density at radius 1 is 1.44 bits per heavy atom. The summed E-state index contributed by atoms with van der Waals surface area (Å²) in [6.07, 6.45) is 8.97. The number of aromatic nitrogens is 2. The van der Waals surface area contributed by atoms with Gasteiger partial charge in [-0.2, -0.15) is 5.10 Å². The Morgan fingerprint density at radius 2 is 2.25 bits per heavy atom. The van der Waals surface area contributed by atoms with E-state index in [0.29, 0.717) is 0 Å². The minimum absolute atomic E-state index is 0.905. The topological polar surface area (TPSA) is 29.9 Å². The molecule has 0 saturated carbocycles. The van der Waals surface area contributed by atoms with Gasteiger partial charge in [0.15, 0.2) is 0 Å². The highest BCUT2D eigenvalue weighted by Gasteiger charge is 2.02. The summed E-state index contributed by atoms with van der Waals surface area (Å²) in [7, 11) is 1.96. The van der Waals surface area contributed by atoms with E-state index in [9.17, 15) is 0 Å². The van der Waals surface area contributed by atoms with Crippen molar-refractivity contribution in [2.24, 2.45) is 0 Å². The van der Waals surface area contributed by atoms with Gasteiger partial charge in [0, 0.05) is 24.8 Å².